The van der Waals surface area contributed by atoms with Gasteiger partial charge in [0.05, 0.1) is 24.0 Å². The number of nitrogens with one attached hydrogen (secondary N) is 1. The van der Waals surface area contributed by atoms with Gasteiger partial charge in [-0.3, -0.25) is 39.2 Å². The minimum absolute atomic E-state index is 0.0171. The molecule has 0 aliphatic carbocycles. The average molecular weight is 818 g/mol. The monoisotopic (exact) mass is 817 g/mol. The van der Waals surface area contributed by atoms with Crippen LogP contribution in [0.1, 0.15) is 68.5 Å². The van der Waals surface area contributed by atoms with Crippen molar-refractivity contribution in [3.05, 3.63) is 82.7 Å². The lowest BCUT2D eigenvalue weighted by Crippen LogP contribution is -2.53. The molecule has 3 amide bonds. The number of hydrogen-bond acceptors (Lipinski definition) is 10. The molecule has 3 aliphatic rings. The molecule has 3 fully saturated rings. The van der Waals surface area contributed by atoms with E-state index in [1.54, 1.807) is 24.8 Å². The van der Waals surface area contributed by atoms with Gasteiger partial charge in [-0.2, -0.15) is 18.4 Å². The predicted molar refractivity (Wildman–Crippen MR) is 214 cm³/mol. The molecule has 12 nitrogen and oxygen atoms in total. The normalized spacial score (nSPS) is 20.3. The second-order valence-corrected chi connectivity index (χ2v) is 15.9. The first-order valence-electron chi connectivity index (χ1n) is 19.3. The lowest BCUT2D eigenvalue weighted by Gasteiger charge is -2.39. The molecule has 0 radical (unpaired) electrons. The van der Waals surface area contributed by atoms with Crippen LogP contribution in [0.3, 0.4) is 0 Å². The number of pyridine rings is 1. The molecular weight excluding hydrogens is 772 g/mol. The van der Waals surface area contributed by atoms with E-state index in [2.05, 4.69) is 27.0 Å². The number of alkyl halides is 3. The van der Waals surface area contributed by atoms with Gasteiger partial charge in [0.25, 0.3) is 5.91 Å². The van der Waals surface area contributed by atoms with Gasteiger partial charge in [0, 0.05) is 56.7 Å². The molecule has 2 atom stereocenters. The number of aryl methyl sites for hydroxylation is 1. The van der Waals surface area contributed by atoms with Crippen LogP contribution in [-0.4, -0.2) is 94.3 Å². The number of nitriles is 1. The molecule has 1 unspecified atom stereocenters. The van der Waals surface area contributed by atoms with Crippen LogP contribution in [-0.2, 0) is 44.6 Å². The number of anilines is 2. The summed E-state index contributed by atoms with van der Waals surface area (Å²) in [5.74, 6) is -0.473. The third kappa shape index (κ3) is 9.22. The first-order valence-corrected chi connectivity index (χ1v) is 19.7. The molecule has 3 saturated heterocycles. The van der Waals surface area contributed by atoms with Crippen LogP contribution in [0.4, 0.5) is 24.5 Å². The van der Waals surface area contributed by atoms with Gasteiger partial charge in [-0.15, -0.1) is 0 Å². The Kier molecular flexibility index (Phi) is 12.6. The zero-order chi connectivity index (χ0) is 41.9. The SMILES string of the molecule is CCc1cc(N2C(=S)N(c3cnc(C#N)c(C(F)(F)F)c3)C(=O)C2(C)C)ccc1OCCN1CCN(CC(=O)Cc2cccc(CC3CCC(=O)NC3=O)c2)[C@H](C)C1. The van der Waals surface area contributed by atoms with E-state index in [1.165, 1.54) is 6.07 Å². The van der Waals surface area contributed by atoms with Crippen molar-refractivity contribution < 1.29 is 37.1 Å². The number of Topliss-reactive ketones (excluding diaryl/α,β-unsaturated/α-hetero) is 1. The lowest BCUT2D eigenvalue weighted by atomic mass is 9.90. The number of carbonyl (C=O) groups excluding carboxylic acids is 4. The van der Waals surface area contributed by atoms with E-state index in [-0.39, 0.29) is 40.4 Å². The summed E-state index contributed by atoms with van der Waals surface area (Å²) < 4.78 is 47.5. The number of halogens is 3. The number of thiocarbonyl (C=S) groups is 1. The van der Waals surface area contributed by atoms with Gasteiger partial charge in [0.15, 0.2) is 16.6 Å². The van der Waals surface area contributed by atoms with E-state index in [0.29, 0.717) is 63.2 Å². The number of imide groups is 1. The minimum atomic E-state index is -4.86. The van der Waals surface area contributed by atoms with Crippen molar-refractivity contribution in [1.82, 2.24) is 20.1 Å². The van der Waals surface area contributed by atoms with E-state index in [0.717, 1.165) is 53.5 Å². The van der Waals surface area contributed by atoms with Crippen LogP contribution in [0.25, 0.3) is 0 Å². The summed E-state index contributed by atoms with van der Waals surface area (Å²) in [6.45, 7) is 11.1. The summed E-state index contributed by atoms with van der Waals surface area (Å²) in [5.41, 5.74) is -0.152. The second-order valence-electron chi connectivity index (χ2n) is 15.5. The summed E-state index contributed by atoms with van der Waals surface area (Å²) >= 11 is 5.69. The standard InChI is InChI=1S/C42H46F3N7O5S/c1-5-29-20-31(52-40(58)51(39(56)41(52,3)4)32-21-34(42(43,44)45)35(22-46)47-23-32)10-11-36(29)57-16-15-49-13-14-50(26(2)24-49)25-33(53)19-28-8-6-7-27(17-28)18-30-9-12-37(54)48-38(30)55/h6-8,10-11,17,20-21,23,26,30H,5,9,12-16,18-19,24-25H2,1-4H3,(H,48,54,55)/t26-,30?/m1/s1. The molecule has 3 aromatic rings. The maximum absolute atomic E-state index is 13.7. The fourth-order valence-corrected chi connectivity index (χ4v) is 8.37. The van der Waals surface area contributed by atoms with Crippen molar-refractivity contribution in [2.45, 2.75) is 77.6 Å². The number of rotatable bonds is 13. The van der Waals surface area contributed by atoms with Crippen molar-refractivity contribution >= 4 is 52.2 Å². The van der Waals surface area contributed by atoms with Gasteiger partial charge in [0.1, 0.15) is 24.0 Å². The number of hydrogen-bond donors (Lipinski definition) is 1. The Labute approximate surface area is 340 Å². The number of ketones is 1. The summed E-state index contributed by atoms with van der Waals surface area (Å²) in [6.07, 6.45) is -1.51. The number of carbonyl (C=O) groups is 4. The molecule has 1 aromatic heterocycles. The number of piperidine rings is 1. The molecule has 0 spiro atoms. The minimum Gasteiger partial charge on any atom is -0.492 e. The Hall–Kier alpha value is -5.24. The van der Waals surface area contributed by atoms with Crippen molar-refractivity contribution in [3.63, 3.8) is 0 Å². The second kappa shape index (κ2) is 17.3. The van der Waals surface area contributed by atoms with Crippen LogP contribution in [0, 0.1) is 17.2 Å². The number of nitrogens with zero attached hydrogens (tertiary/aromatic N) is 6. The van der Waals surface area contributed by atoms with Gasteiger partial charge in [-0.1, -0.05) is 31.2 Å². The Morgan fingerprint density at radius 2 is 1.84 bits per heavy atom. The number of amides is 3. The number of benzene rings is 2. The summed E-state index contributed by atoms with van der Waals surface area (Å²) in [5, 5.41) is 11.6. The molecule has 0 bridgehead atoms. The lowest BCUT2D eigenvalue weighted by molar-refractivity contribution is -0.138. The summed E-state index contributed by atoms with van der Waals surface area (Å²) in [6, 6.07) is 15.5. The van der Waals surface area contributed by atoms with Gasteiger partial charge in [0.2, 0.25) is 11.8 Å². The zero-order valence-corrected chi connectivity index (χ0v) is 33.7. The molecule has 2 aromatic carbocycles. The molecule has 1 N–H and O–H groups in total. The van der Waals surface area contributed by atoms with E-state index in [4.69, 9.17) is 17.0 Å². The highest BCUT2D eigenvalue weighted by Crippen LogP contribution is 2.40. The first kappa shape index (κ1) is 42.4. The third-order valence-electron chi connectivity index (χ3n) is 11.0. The average Bonchev–Trinajstić information content (AvgIpc) is 3.35. The molecular formula is C42H46F3N7O5S. The van der Waals surface area contributed by atoms with Crippen LogP contribution in [0.2, 0.25) is 0 Å². The molecule has 6 rings (SSSR count). The highest BCUT2D eigenvalue weighted by molar-refractivity contribution is 7.81. The number of aromatic nitrogens is 1. The molecule has 0 saturated carbocycles. The Morgan fingerprint density at radius 1 is 1.09 bits per heavy atom. The van der Waals surface area contributed by atoms with Gasteiger partial charge in [-0.25, -0.2) is 4.98 Å². The van der Waals surface area contributed by atoms with Crippen LogP contribution in [0.15, 0.2) is 54.7 Å². The highest BCUT2D eigenvalue weighted by atomic mass is 32.1. The fourth-order valence-electron chi connectivity index (χ4n) is 7.85. The van der Waals surface area contributed by atoms with E-state index in [1.807, 2.05) is 43.3 Å². The van der Waals surface area contributed by atoms with Gasteiger partial charge in [-0.05, 0) is 93.2 Å². The summed E-state index contributed by atoms with van der Waals surface area (Å²) in [4.78, 5) is 61.3. The fraction of sp³-hybridized carbons (Fsp3) is 0.452. The first-order chi connectivity index (χ1) is 27.5. The van der Waals surface area contributed by atoms with Crippen molar-refractivity contribution in [3.8, 4) is 11.8 Å². The molecule has 306 valence electrons. The Morgan fingerprint density at radius 3 is 2.53 bits per heavy atom. The van der Waals surface area contributed by atoms with E-state index < -0.39 is 28.9 Å². The molecule has 58 heavy (non-hydrogen) atoms. The summed E-state index contributed by atoms with van der Waals surface area (Å²) in [7, 11) is 0. The van der Waals surface area contributed by atoms with Crippen molar-refractivity contribution in [2.24, 2.45) is 5.92 Å². The van der Waals surface area contributed by atoms with E-state index >= 15 is 0 Å². The highest BCUT2D eigenvalue weighted by Gasteiger charge is 2.51. The maximum atomic E-state index is 13.7. The number of piperazine rings is 1. The predicted octanol–water partition coefficient (Wildman–Crippen LogP) is 5.24. The van der Waals surface area contributed by atoms with E-state index in [9.17, 15) is 37.6 Å². The largest absolute Gasteiger partial charge is 0.492 e. The quantitative estimate of drug-likeness (QED) is 0.179. The molecule has 4 heterocycles. The molecule has 16 heteroatoms. The topological polar surface area (TPSA) is 139 Å². The van der Waals surface area contributed by atoms with Crippen LogP contribution < -0.4 is 19.9 Å². The van der Waals surface area contributed by atoms with Crippen molar-refractivity contribution in [1.29, 1.82) is 5.26 Å². The smallest absolute Gasteiger partial charge is 0.419 e. The Bertz CT molecular complexity index is 2160. The maximum Gasteiger partial charge on any atom is 0.419 e. The van der Waals surface area contributed by atoms with Gasteiger partial charge < -0.3 is 9.64 Å². The van der Waals surface area contributed by atoms with Gasteiger partial charge >= 0.3 is 6.18 Å². The molecule has 3 aliphatic heterocycles. The number of ether oxygens (including phenoxy) is 1. The third-order valence-corrected chi connectivity index (χ3v) is 11.4. The van der Waals surface area contributed by atoms with Crippen LogP contribution in [0.5, 0.6) is 5.75 Å². The zero-order valence-electron chi connectivity index (χ0n) is 32.9. The van der Waals surface area contributed by atoms with Crippen LogP contribution >= 0.6 is 12.2 Å². The Balaban J connectivity index is 1.01. The van der Waals surface area contributed by atoms with Crippen molar-refractivity contribution in [2.75, 3.05) is 49.1 Å².